The zero-order valence-corrected chi connectivity index (χ0v) is 7.42. The summed E-state index contributed by atoms with van der Waals surface area (Å²) in [4.78, 5) is 9.33. The Hall–Kier alpha value is 0.453. The molecule has 0 aromatic carbocycles. The van der Waals surface area contributed by atoms with E-state index >= 15 is 0 Å². The van der Waals surface area contributed by atoms with Crippen LogP contribution in [0, 0.1) is 6.92 Å². The van der Waals surface area contributed by atoms with Crippen molar-refractivity contribution in [2.45, 2.75) is 6.92 Å². The quantitative estimate of drug-likeness (QED) is 0.381. The normalized spacial score (nSPS) is 5.33. The molecule has 0 saturated carbocycles. The van der Waals surface area contributed by atoms with Crippen molar-refractivity contribution in [2.75, 3.05) is 0 Å². The number of carbonyl (C=O) groups is 1. The van der Waals surface area contributed by atoms with Gasteiger partial charge in [0, 0.05) is 0 Å². The number of ketones is 1. The standard InChI is InChI=1S/C3H5O.ClH.Zn/c1-3(2)4;;/h1H2,2H3;1H;/q-1;;+2/p-1. The summed E-state index contributed by atoms with van der Waals surface area (Å²) in [6, 6.07) is 0. The molecule has 0 radical (unpaired) electrons. The Balaban J connectivity index is 0. The predicted molar refractivity (Wildman–Crippen MR) is 21.9 cm³/mol. The predicted octanol–water partition coefficient (Wildman–Crippen LogP) is 1.10. The molecule has 32 valence electrons. The van der Waals surface area contributed by atoms with Gasteiger partial charge < -0.3 is 11.7 Å². The molecule has 0 rings (SSSR count). The molecule has 1 nitrogen and oxygen atoms in total. The van der Waals surface area contributed by atoms with E-state index in [2.05, 4.69) is 6.92 Å². The van der Waals surface area contributed by atoms with Crippen molar-refractivity contribution in [3.63, 3.8) is 0 Å². The Labute approximate surface area is 51.8 Å². The first-order valence-corrected chi connectivity index (χ1v) is 5.22. The fourth-order valence-corrected chi connectivity index (χ4v) is 0. The molecule has 6 heavy (non-hydrogen) atoms. The van der Waals surface area contributed by atoms with Crippen molar-refractivity contribution < 1.29 is 22.1 Å². The number of rotatable bonds is 0. The summed E-state index contributed by atoms with van der Waals surface area (Å²) >= 11 is 0.847. The molecule has 0 aliphatic heterocycles. The van der Waals surface area contributed by atoms with Gasteiger partial charge in [0.05, 0.1) is 0 Å². The first-order chi connectivity index (χ1) is 2.73. The van der Waals surface area contributed by atoms with Crippen LogP contribution in [0.3, 0.4) is 0 Å². The van der Waals surface area contributed by atoms with E-state index in [0.717, 1.165) is 17.3 Å². The molecule has 0 bridgehead atoms. The van der Waals surface area contributed by atoms with Gasteiger partial charge in [0.1, 0.15) is 0 Å². The molecule has 3 heteroatoms. The van der Waals surface area contributed by atoms with Crippen molar-refractivity contribution in [1.29, 1.82) is 0 Å². The second kappa shape index (κ2) is 9.07. The van der Waals surface area contributed by atoms with E-state index in [4.69, 9.17) is 9.69 Å². The zero-order valence-electron chi connectivity index (χ0n) is 3.70. The molecule has 0 aromatic heterocycles. The van der Waals surface area contributed by atoms with Gasteiger partial charge in [0.25, 0.3) is 0 Å². The van der Waals surface area contributed by atoms with E-state index in [1.807, 2.05) is 0 Å². The molecule has 0 aromatic rings. The maximum absolute atomic E-state index is 9.33. The molecule has 0 fully saturated rings. The third-order valence-corrected chi connectivity index (χ3v) is 0. The van der Waals surface area contributed by atoms with E-state index in [0.29, 0.717) is 0 Å². The SMILES string of the molecule is [CH2-]C(C)=O.[Cl][Zn+]. The third-order valence-electron chi connectivity index (χ3n) is 0. The summed E-state index contributed by atoms with van der Waals surface area (Å²) in [5, 5.41) is 0. The van der Waals surface area contributed by atoms with Crippen molar-refractivity contribution >= 4 is 15.5 Å². The van der Waals surface area contributed by atoms with Crippen LogP contribution in [0.5, 0.6) is 0 Å². The van der Waals surface area contributed by atoms with Crippen LogP contribution in [0.2, 0.25) is 0 Å². The van der Waals surface area contributed by atoms with Crippen LogP contribution in [0.1, 0.15) is 6.92 Å². The zero-order chi connectivity index (χ0) is 5.58. The molecule has 0 N–H and O–H groups in total. The molecule has 0 unspecified atom stereocenters. The summed E-state index contributed by atoms with van der Waals surface area (Å²) in [6.07, 6.45) is 0. The fraction of sp³-hybridized carbons (Fsp3) is 0.333. The molecule has 0 aliphatic rings. The summed E-state index contributed by atoms with van der Waals surface area (Å²) in [5.74, 6) is -0.0833. The van der Waals surface area contributed by atoms with Crippen molar-refractivity contribution in [2.24, 2.45) is 0 Å². The molecular formula is C3H5ClOZn. The number of hydrogen-bond acceptors (Lipinski definition) is 1. The van der Waals surface area contributed by atoms with Crippen LogP contribution in [0.4, 0.5) is 0 Å². The number of halogens is 1. The minimum atomic E-state index is -0.0833. The van der Waals surface area contributed by atoms with E-state index in [9.17, 15) is 4.79 Å². The molecule has 0 atom stereocenters. The van der Waals surface area contributed by atoms with E-state index < -0.39 is 0 Å². The topological polar surface area (TPSA) is 17.1 Å². The molecule has 0 amide bonds. The first-order valence-electron chi connectivity index (χ1n) is 1.32. The average molecular weight is 158 g/mol. The van der Waals surface area contributed by atoms with Crippen LogP contribution < -0.4 is 0 Å². The number of Topliss-reactive ketones (excluding diaryl/α,β-unsaturated/α-hetero) is 1. The van der Waals surface area contributed by atoms with Crippen molar-refractivity contribution in [3.05, 3.63) is 6.92 Å². The Morgan fingerprint density at radius 1 is 1.83 bits per heavy atom. The summed E-state index contributed by atoms with van der Waals surface area (Å²) in [5.41, 5.74) is 0. The second-order valence-corrected chi connectivity index (χ2v) is 0.702. The van der Waals surface area contributed by atoms with Crippen molar-refractivity contribution in [1.82, 2.24) is 0 Å². The third kappa shape index (κ3) is 258. The Morgan fingerprint density at radius 3 is 1.83 bits per heavy atom. The van der Waals surface area contributed by atoms with Gasteiger partial charge in [-0.05, 0) is 12.7 Å². The van der Waals surface area contributed by atoms with E-state index in [1.165, 1.54) is 6.92 Å². The maximum atomic E-state index is 9.33. The summed E-state index contributed by atoms with van der Waals surface area (Å²) in [6.45, 7) is 4.42. The Bertz CT molecular complexity index is 33.8. The molecule has 0 aliphatic carbocycles. The van der Waals surface area contributed by atoms with E-state index in [-0.39, 0.29) is 5.78 Å². The van der Waals surface area contributed by atoms with Gasteiger partial charge in [-0.3, -0.25) is 0 Å². The molecule has 0 saturated heterocycles. The van der Waals surface area contributed by atoms with Gasteiger partial charge in [-0.25, -0.2) is 0 Å². The molecule has 0 spiro atoms. The van der Waals surface area contributed by atoms with Crippen LogP contribution in [-0.2, 0) is 22.1 Å². The number of carbonyl (C=O) groups excluding carboxylic acids is 1. The minimum absolute atomic E-state index is 0.0833. The molecular weight excluding hydrogens is 153 g/mol. The Morgan fingerprint density at radius 2 is 1.83 bits per heavy atom. The van der Waals surface area contributed by atoms with Gasteiger partial charge in [-0.15, -0.1) is 0 Å². The first kappa shape index (κ1) is 9.68. The summed E-state index contributed by atoms with van der Waals surface area (Å²) < 4.78 is 0. The molecule has 0 heterocycles. The fourth-order valence-electron chi connectivity index (χ4n) is 0. The average Bonchev–Trinajstić information content (AvgIpc) is 1.41. The number of hydrogen-bond donors (Lipinski definition) is 0. The van der Waals surface area contributed by atoms with Crippen LogP contribution >= 0.6 is 9.69 Å². The van der Waals surface area contributed by atoms with Gasteiger partial charge in [0.2, 0.25) is 0 Å². The van der Waals surface area contributed by atoms with Gasteiger partial charge in [-0.2, -0.15) is 0 Å². The second-order valence-electron chi connectivity index (χ2n) is 0.702. The van der Waals surface area contributed by atoms with Gasteiger partial charge in [0.15, 0.2) is 0 Å². The van der Waals surface area contributed by atoms with Crippen LogP contribution in [-0.4, -0.2) is 5.78 Å². The monoisotopic (exact) mass is 156 g/mol. The van der Waals surface area contributed by atoms with Crippen LogP contribution in [0.25, 0.3) is 0 Å². The Kier molecular flexibility index (Phi) is 14.6. The van der Waals surface area contributed by atoms with Gasteiger partial charge in [-0.1, -0.05) is 0 Å². The van der Waals surface area contributed by atoms with Crippen LogP contribution in [0.15, 0.2) is 0 Å². The summed E-state index contributed by atoms with van der Waals surface area (Å²) in [7, 11) is 4.76. The van der Waals surface area contributed by atoms with E-state index in [1.54, 1.807) is 0 Å². The van der Waals surface area contributed by atoms with Crippen molar-refractivity contribution in [3.8, 4) is 0 Å². The van der Waals surface area contributed by atoms with Gasteiger partial charge >= 0.3 is 27.0 Å².